The van der Waals surface area contributed by atoms with Crippen LogP contribution in [0.2, 0.25) is 0 Å². The van der Waals surface area contributed by atoms with Crippen molar-refractivity contribution in [2.45, 2.75) is 57.3 Å². The number of hydrogen-bond acceptors (Lipinski definition) is 7. The number of hydrogen-bond donors (Lipinski definition) is 2. The Bertz CT molecular complexity index is 985. The number of carboxylic acids is 1. The molecule has 0 bridgehead atoms. The fourth-order valence-corrected chi connectivity index (χ4v) is 6.88. The summed E-state index contributed by atoms with van der Waals surface area (Å²) in [6.45, 7) is 3.07. The Balaban J connectivity index is 0.000000479. The zero-order valence-electron chi connectivity index (χ0n) is 20.6. The second-order valence-electron chi connectivity index (χ2n) is 9.46. The van der Waals surface area contributed by atoms with E-state index in [-0.39, 0.29) is 6.04 Å². The predicted molar refractivity (Wildman–Crippen MR) is 128 cm³/mol. The number of aromatic nitrogens is 1. The lowest BCUT2D eigenvalue weighted by atomic mass is 9.79. The standard InChI is InChI=1S/C21H34N4O4S.C2HF3O2/c22-14-17-6-7-23-21(12-17)29-16-20-13-19(18-4-2-1-3-5-18)15-25(20)30(26,27)24-8-10-28-11-9-24;3-2(4,5)1(6)7/h6-7,12,18-20H,1-5,8-11,13-16,22H2;(H,6,7). The smallest absolute Gasteiger partial charge is 0.476 e. The van der Waals surface area contributed by atoms with Gasteiger partial charge >= 0.3 is 12.1 Å². The Morgan fingerprint density at radius 3 is 2.43 bits per heavy atom. The van der Waals surface area contributed by atoms with E-state index in [0.717, 1.165) is 12.0 Å². The lowest BCUT2D eigenvalue weighted by Gasteiger charge is -2.33. The van der Waals surface area contributed by atoms with Gasteiger partial charge < -0.3 is 20.3 Å². The molecule has 3 N–H and O–H groups in total. The third kappa shape index (κ3) is 8.24. The maximum absolute atomic E-state index is 13.4. The quantitative estimate of drug-likeness (QED) is 0.527. The molecule has 1 aromatic heterocycles. The minimum Gasteiger partial charge on any atom is -0.476 e. The number of carbonyl (C=O) groups is 1. The summed E-state index contributed by atoms with van der Waals surface area (Å²) in [7, 11) is -3.53. The van der Waals surface area contributed by atoms with Gasteiger partial charge in [0.25, 0.3) is 10.2 Å². The average Bonchev–Trinajstić information content (AvgIpc) is 3.34. The normalized spacial score (nSPS) is 24.3. The van der Waals surface area contributed by atoms with E-state index < -0.39 is 22.4 Å². The van der Waals surface area contributed by atoms with Crippen molar-refractivity contribution in [2.24, 2.45) is 17.6 Å². The van der Waals surface area contributed by atoms with Crippen molar-refractivity contribution in [1.29, 1.82) is 0 Å². The van der Waals surface area contributed by atoms with E-state index in [1.54, 1.807) is 14.8 Å². The summed E-state index contributed by atoms with van der Waals surface area (Å²) < 4.78 is 73.2. The highest BCUT2D eigenvalue weighted by Gasteiger charge is 2.45. The van der Waals surface area contributed by atoms with Crippen molar-refractivity contribution < 1.29 is 41.0 Å². The maximum Gasteiger partial charge on any atom is 0.490 e. The van der Waals surface area contributed by atoms with E-state index >= 15 is 0 Å². The van der Waals surface area contributed by atoms with Gasteiger partial charge in [-0.05, 0) is 29.9 Å². The van der Waals surface area contributed by atoms with Crippen molar-refractivity contribution in [1.82, 2.24) is 13.6 Å². The summed E-state index contributed by atoms with van der Waals surface area (Å²) in [6, 6.07) is 3.51. The monoisotopic (exact) mass is 552 g/mol. The van der Waals surface area contributed by atoms with Crippen LogP contribution in [0.4, 0.5) is 13.2 Å². The molecule has 0 amide bonds. The van der Waals surface area contributed by atoms with Gasteiger partial charge in [-0.1, -0.05) is 32.1 Å². The van der Waals surface area contributed by atoms with Crippen molar-refractivity contribution in [3.8, 4) is 5.88 Å². The van der Waals surface area contributed by atoms with Crippen LogP contribution in [0, 0.1) is 11.8 Å². The van der Waals surface area contributed by atoms with Gasteiger partial charge in [0.2, 0.25) is 5.88 Å². The van der Waals surface area contributed by atoms with Crippen LogP contribution in [0.3, 0.4) is 0 Å². The number of morpholine rings is 1. The maximum atomic E-state index is 13.4. The zero-order chi connectivity index (χ0) is 27.1. The molecule has 0 aromatic carbocycles. The van der Waals surface area contributed by atoms with Crippen molar-refractivity contribution in [3.05, 3.63) is 23.9 Å². The molecule has 3 aliphatic rings. The van der Waals surface area contributed by atoms with Gasteiger partial charge in [-0.2, -0.15) is 30.2 Å². The molecule has 14 heteroatoms. The minimum absolute atomic E-state index is 0.173. The van der Waals surface area contributed by atoms with Crippen LogP contribution >= 0.6 is 0 Å². The second kappa shape index (κ2) is 13.2. The molecule has 210 valence electrons. The predicted octanol–water partition coefficient (Wildman–Crippen LogP) is 2.40. The van der Waals surface area contributed by atoms with Crippen molar-refractivity contribution in [2.75, 3.05) is 39.5 Å². The molecule has 37 heavy (non-hydrogen) atoms. The summed E-state index contributed by atoms with van der Waals surface area (Å²) in [6.07, 6.45) is 3.69. The first-order valence-corrected chi connectivity index (χ1v) is 13.8. The van der Waals surface area contributed by atoms with E-state index in [4.69, 9.17) is 25.1 Å². The topological polar surface area (TPSA) is 135 Å². The molecule has 3 heterocycles. The fraction of sp³-hybridized carbons (Fsp3) is 0.739. The molecule has 2 unspecified atom stereocenters. The number of rotatable bonds is 7. The van der Waals surface area contributed by atoms with E-state index in [9.17, 15) is 21.6 Å². The van der Waals surface area contributed by atoms with Gasteiger partial charge in [-0.15, -0.1) is 0 Å². The third-order valence-electron chi connectivity index (χ3n) is 7.01. The highest BCUT2D eigenvalue weighted by molar-refractivity contribution is 7.86. The van der Waals surface area contributed by atoms with Crippen LogP contribution in [0.5, 0.6) is 5.88 Å². The Morgan fingerprint density at radius 2 is 1.84 bits per heavy atom. The van der Waals surface area contributed by atoms with Crippen LogP contribution in [0.1, 0.15) is 44.1 Å². The molecule has 0 spiro atoms. The number of nitrogens with zero attached hydrogens (tertiary/aromatic N) is 3. The number of aliphatic carboxylic acids is 1. The molecule has 1 aromatic rings. The van der Waals surface area contributed by atoms with Gasteiger partial charge in [0.05, 0.1) is 19.3 Å². The van der Waals surface area contributed by atoms with Crippen molar-refractivity contribution in [3.63, 3.8) is 0 Å². The molecule has 0 radical (unpaired) electrons. The number of alkyl halides is 3. The Morgan fingerprint density at radius 1 is 1.19 bits per heavy atom. The molecular formula is C23H35F3N4O6S. The van der Waals surface area contributed by atoms with E-state index in [1.165, 1.54) is 32.1 Å². The van der Waals surface area contributed by atoms with Crippen LogP contribution in [0.25, 0.3) is 0 Å². The molecule has 1 saturated carbocycles. The van der Waals surface area contributed by atoms with Crippen molar-refractivity contribution >= 4 is 16.2 Å². The molecule has 2 saturated heterocycles. The molecule has 4 rings (SSSR count). The minimum atomic E-state index is -5.08. The first-order valence-electron chi connectivity index (χ1n) is 12.4. The van der Waals surface area contributed by atoms with Crippen LogP contribution in [-0.4, -0.2) is 84.8 Å². The number of nitrogens with two attached hydrogens (primary N) is 1. The number of pyridine rings is 1. The number of carboxylic acid groups (broad SMARTS) is 1. The zero-order valence-corrected chi connectivity index (χ0v) is 21.4. The summed E-state index contributed by atoms with van der Waals surface area (Å²) in [4.78, 5) is 13.2. The largest absolute Gasteiger partial charge is 0.490 e. The van der Waals surface area contributed by atoms with Gasteiger partial charge in [0.1, 0.15) is 6.61 Å². The van der Waals surface area contributed by atoms with Crippen LogP contribution < -0.4 is 10.5 Å². The lowest BCUT2D eigenvalue weighted by molar-refractivity contribution is -0.192. The first-order chi connectivity index (χ1) is 17.5. The lowest BCUT2D eigenvalue weighted by Crippen LogP contribution is -2.51. The Kier molecular flexibility index (Phi) is 10.5. The third-order valence-corrected chi connectivity index (χ3v) is 9.06. The SMILES string of the molecule is NCc1ccnc(OCC2CC(C3CCCCC3)CN2S(=O)(=O)N2CCOCC2)c1.O=C(O)C(F)(F)F. The summed E-state index contributed by atoms with van der Waals surface area (Å²) in [5.74, 6) is -1.24. The van der Waals surface area contributed by atoms with Gasteiger partial charge in [-0.3, -0.25) is 0 Å². The van der Waals surface area contributed by atoms with Gasteiger partial charge in [0.15, 0.2) is 0 Å². The van der Waals surface area contributed by atoms with E-state index in [0.29, 0.717) is 63.7 Å². The highest BCUT2D eigenvalue weighted by Crippen LogP contribution is 2.39. The fourth-order valence-electron chi connectivity index (χ4n) is 5.07. The molecule has 2 aliphatic heterocycles. The first kappa shape index (κ1) is 29.6. The summed E-state index contributed by atoms with van der Waals surface area (Å²) >= 11 is 0. The van der Waals surface area contributed by atoms with Crippen LogP contribution in [0.15, 0.2) is 18.3 Å². The summed E-state index contributed by atoms with van der Waals surface area (Å²) in [5, 5.41) is 7.12. The Labute approximate surface area is 215 Å². The Hall–Kier alpha value is -2.00. The number of ether oxygens (including phenoxy) is 2. The molecule has 1 aliphatic carbocycles. The second-order valence-corrected chi connectivity index (χ2v) is 11.3. The van der Waals surface area contributed by atoms with E-state index in [1.807, 2.05) is 12.1 Å². The molecule has 10 nitrogen and oxygen atoms in total. The summed E-state index contributed by atoms with van der Waals surface area (Å²) in [5.41, 5.74) is 6.66. The molecule has 3 fully saturated rings. The highest BCUT2D eigenvalue weighted by atomic mass is 32.2. The van der Waals surface area contributed by atoms with Gasteiger partial charge in [-0.25, -0.2) is 9.78 Å². The average molecular weight is 553 g/mol. The van der Waals surface area contributed by atoms with E-state index in [2.05, 4.69) is 4.98 Å². The number of halogens is 3. The van der Waals surface area contributed by atoms with Crippen LogP contribution in [-0.2, 0) is 26.3 Å². The van der Waals surface area contributed by atoms with Gasteiger partial charge in [0, 0.05) is 38.4 Å². The molecular weight excluding hydrogens is 517 g/mol. The molecule has 2 atom stereocenters.